The number of carbonyl (C=O) groups excluding carboxylic acids is 1. The fraction of sp³-hybridized carbons (Fsp3) is 0.429. The number of hydrogen-bond donors (Lipinski definition) is 1. The Hall–Kier alpha value is -2.20. The third-order valence-electron chi connectivity index (χ3n) is 4.97. The van der Waals surface area contributed by atoms with Crippen LogP contribution in [0.25, 0.3) is 0 Å². The summed E-state index contributed by atoms with van der Waals surface area (Å²) in [4.78, 5) is 18.7. The number of amides is 1. The van der Waals surface area contributed by atoms with E-state index in [1.807, 2.05) is 47.4 Å². The van der Waals surface area contributed by atoms with E-state index >= 15 is 0 Å². The zero-order chi connectivity index (χ0) is 17.5. The second kappa shape index (κ2) is 8.26. The van der Waals surface area contributed by atoms with Gasteiger partial charge in [0.1, 0.15) is 0 Å². The van der Waals surface area contributed by atoms with E-state index in [-0.39, 0.29) is 5.91 Å². The third-order valence-corrected chi connectivity index (χ3v) is 4.97. The summed E-state index contributed by atoms with van der Waals surface area (Å²) in [6, 6.07) is 13.9. The van der Waals surface area contributed by atoms with Gasteiger partial charge in [-0.25, -0.2) is 0 Å². The van der Waals surface area contributed by atoms with Gasteiger partial charge in [0.05, 0.1) is 5.60 Å². The molecule has 1 heterocycles. The number of aliphatic hydroxyl groups is 1. The molecule has 0 bridgehead atoms. The van der Waals surface area contributed by atoms with Crippen molar-refractivity contribution in [1.82, 2.24) is 9.88 Å². The highest BCUT2D eigenvalue weighted by molar-refractivity contribution is 5.76. The number of hydrogen-bond acceptors (Lipinski definition) is 3. The van der Waals surface area contributed by atoms with Crippen LogP contribution in [-0.2, 0) is 17.8 Å². The summed E-state index contributed by atoms with van der Waals surface area (Å²) in [6.45, 7) is 0.982. The average molecular weight is 338 g/mol. The van der Waals surface area contributed by atoms with Crippen LogP contribution in [0.1, 0.15) is 43.2 Å². The molecule has 25 heavy (non-hydrogen) atoms. The molecule has 4 heteroatoms. The van der Waals surface area contributed by atoms with Crippen molar-refractivity contribution in [2.24, 2.45) is 0 Å². The van der Waals surface area contributed by atoms with Crippen molar-refractivity contribution in [2.45, 2.75) is 50.7 Å². The maximum atomic E-state index is 12.9. The lowest BCUT2D eigenvalue weighted by molar-refractivity contribution is -0.135. The molecule has 1 amide bonds. The van der Waals surface area contributed by atoms with Crippen LogP contribution in [0.5, 0.6) is 0 Å². The predicted molar refractivity (Wildman–Crippen MR) is 97.8 cm³/mol. The van der Waals surface area contributed by atoms with E-state index in [0.29, 0.717) is 25.9 Å². The van der Waals surface area contributed by atoms with Crippen LogP contribution < -0.4 is 0 Å². The second-order valence-electron chi connectivity index (χ2n) is 7.02. The molecule has 0 saturated heterocycles. The van der Waals surface area contributed by atoms with Gasteiger partial charge in [-0.3, -0.25) is 9.78 Å². The zero-order valence-corrected chi connectivity index (χ0v) is 14.6. The van der Waals surface area contributed by atoms with Gasteiger partial charge in [-0.1, -0.05) is 43.2 Å². The number of aryl methyl sites for hydroxylation is 1. The topological polar surface area (TPSA) is 53.4 Å². The monoisotopic (exact) mass is 338 g/mol. The fourth-order valence-electron chi connectivity index (χ4n) is 3.54. The molecular formula is C21H26N2O2. The lowest BCUT2D eigenvalue weighted by atomic mass is 10.0. The van der Waals surface area contributed by atoms with E-state index in [1.54, 1.807) is 12.4 Å². The normalized spacial score (nSPS) is 15.9. The molecule has 0 unspecified atom stereocenters. The van der Waals surface area contributed by atoms with Gasteiger partial charge in [-0.2, -0.15) is 0 Å². The zero-order valence-electron chi connectivity index (χ0n) is 14.6. The van der Waals surface area contributed by atoms with E-state index < -0.39 is 5.60 Å². The van der Waals surface area contributed by atoms with E-state index in [1.165, 1.54) is 0 Å². The maximum Gasteiger partial charge on any atom is 0.223 e. The molecule has 2 aromatic rings. The molecule has 0 spiro atoms. The summed E-state index contributed by atoms with van der Waals surface area (Å²) in [5.74, 6) is 0.0981. The van der Waals surface area contributed by atoms with Crippen LogP contribution in [-0.4, -0.2) is 33.0 Å². The first-order chi connectivity index (χ1) is 12.1. The van der Waals surface area contributed by atoms with Gasteiger partial charge in [-0.05, 0) is 42.5 Å². The Morgan fingerprint density at radius 2 is 1.72 bits per heavy atom. The predicted octanol–water partition coefficient (Wildman–Crippen LogP) is 3.35. The molecule has 1 aliphatic rings. The molecule has 1 saturated carbocycles. The first-order valence-corrected chi connectivity index (χ1v) is 9.08. The Morgan fingerprint density at radius 1 is 1.04 bits per heavy atom. The van der Waals surface area contributed by atoms with Crippen molar-refractivity contribution in [3.8, 4) is 0 Å². The lowest BCUT2D eigenvalue weighted by Gasteiger charge is -2.31. The minimum absolute atomic E-state index is 0.0981. The molecule has 132 valence electrons. The first-order valence-electron chi connectivity index (χ1n) is 9.08. The number of nitrogens with zero attached hydrogens (tertiary/aromatic N) is 2. The Kier molecular flexibility index (Phi) is 5.82. The van der Waals surface area contributed by atoms with Gasteiger partial charge in [-0.15, -0.1) is 0 Å². The van der Waals surface area contributed by atoms with Gasteiger partial charge < -0.3 is 10.0 Å². The number of pyridine rings is 1. The number of rotatable bonds is 7. The molecule has 1 aliphatic carbocycles. The number of carbonyl (C=O) groups is 1. The first kappa shape index (κ1) is 17.6. The van der Waals surface area contributed by atoms with Crippen LogP contribution >= 0.6 is 0 Å². The van der Waals surface area contributed by atoms with Gasteiger partial charge in [0.2, 0.25) is 5.91 Å². The maximum absolute atomic E-state index is 12.9. The van der Waals surface area contributed by atoms with E-state index in [9.17, 15) is 9.90 Å². The summed E-state index contributed by atoms with van der Waals surface area (Å²) in [7, 11) is 0. The standard InChI is InChI=1S/C21H26N2O2/c24-20(9-8-18-10-14-22-15-11-18)23(16-19-6-2-1-3-7-19)17-21(25)12-4-5-13-21/h1-3,6-7,10-11,14-15,25H,4-5,8-9,12-13,16-17H2. The van der Waals surface area contributed by atoms with Crippen molar-refractivity contribution in [3.63, 3.8) is 0 Å². The number of benzene rings is 1. The van der Waals surface area contributed by atoms with Gasteiger partial charge in [0.25, 0.3) is 0 Å². The largest absolute Gasteiger partial charge is 0.388 e. The smallest absolute Gasteiger partial charge is 0.223 e. The van der Waals surface area contributed by atoms with Crippen LogP contribution in [0.4, 0.5) is 0 Å². The van der Waals surface area contributed by atoms with E-state index in [2.05, 4.69) is 4.98 Å². The van der Waals surface area contributed by atoms with Crippen LogP contribution in [0, 0.1) is 0 Å². The molecular weight excluding hydrogens is 312 g/mol. The molecule has 1 fully saturated rings. The molecule has 4 nitrogen and oxygen atoms in total. The van der Waals surface area contributed by atoms with E-state index in [0.717, 1.165) is 36.8 Å². The highest BCUT2D eigenvalue weighted by atomic mass is 16.3. The van der Waals surface area contributed by atoms with Crippen LogP contribution in [0.3, 0.4) is 0 Å². The summed E-state index contributed by atoms with van der Waals surface area (Å²) < 4.78 is 0. The molecule has 1 aromatic heterocycles. The minimum Gasteiger partial charge on any atom is -0.388 e. The Labute approximate surface area is 149 Å². The summed E-state index contributed by atoms with van der Waals surface area (Å²) in [5, 5.41) is 10.8. The van der Waals surface area contributed by atoms with Crippen LogP contribution in [0.15, 0.2) is 54.9 Å². The Balaban J connectivity index is 1.67. The molecule has 0 atom stereocenters. The van der Waals surface area contributed by atoms with Crippen molar-refractivity contribution in [3.05, 3.63) is 66.0 Å². The molecule has 1 aromatic carbocycles. The van der Waals surface area contributed by atoms with Gasteiger partial charge in [0.15, 0.2) is 0 Å². The average Bonchev–Trinajstić information content (AvgIpc) is 3.07. The fourth-order valence-corrected chi connectivity index (χ4v) is 3.54. The summed E-state index contributed by atoms with van der Waals surface area (Å²) in [5.41, 5.74) is 1.49. The van der Waals surface area contributed by atoms with Crippen molar-refractivity contribution in [2.75, 3.05) is 6.54 Å². The Bertz CT molecular complexity index is 667. The SMILES string of the molecule is O=C(CCc1ccncc1)N(Cc1ccccc1)CC1(O)CCCC1. The molecule has 1 N–H and O–H groups in total. The third kappa shape index (κ3) is 5.13. The highest BCUT2D eigenvalue weighted by Gasteiger charge is 2.34. The van der Waals surface area contributed by atoms with E-state index in [4.69, 9.17) is 0 Å². The quantitative estimate of drug-likeness (QED) is 0.842. The van der Waals surface area contributed by atoms with Crippen molar-refractivity contribution >= 4 is 5.91 Å². The van der Waals surface area contributed by atoms with Crippen molar-refractivity contribution in [1.29, 1.82) is 0 Å². The molecule has 0 radical (unpaired) electrons. The highest BCUT2D eigenvalue weighted by Crippen LogP contribution is 2.30. The lowest BCUT2D eigenvalue weighted by Crippen LogP contribution is -2.43. The number of aromatic nitrogens is 1. The van der Waals surface area contributed by atoms with Crippen molar-refractivity contribution < 1.29 is 9.90 Å². The van der Waals surface area contributed by atoms with Crippen LogP contribution in [0.2, 0.25) is 0 Å². The Morgan fingerprint density at radius 3 is 2.40 bits per heavy atom. The van der Waals surface area contributed by atoms with Gasteiger partial charge >= 0.3 is 0 Å². The second-order valence-corrected chi connectivity index (χ2v) is 7.02. The summed E-state index contributed by atoms with van der Waals surface area (Å²) >= 11 is 0. The summed E-state index contributed by atoms with van der Waals surface area (Å²) in [6.07, 6.45) is 8.32. The molecule has 3 rings (SSSR count). The minimum atomic E-state index is -0.721. The van der Waals surface area contributed by atoms with Gasteiger partial charge in [0, 0.05) is 31.9 Å². The molecule has 0 aliphatic heterocycles.